The Labute approximate surface area is 274 Å². The topological polar surface area (TPSA) is 104 Å². The van der Waals surface area contributed by atoms with Gasteiger partial charge in [-0.25, -0.2) is 14.8 Å². The van der Waals surface area contributed by atoms with Gasteiger partial charge in [0.2, 0.25) is 11.8 Å². The van der Waals surface area contributed by atoms with Gasteiger partial charge in [0.05, 0.1) is 53.0 Å². The van der Waals surface area contributed by atoms with Gasteiger partial charge in [0.25, 0.3) is 0 Å². The molecule has 3 aromatic rings. The van der Waals surface area contributed by atoms with Crippen LogP contribution in [0.4, 0.5) is 35.2 Å². The maximum absolute atomic E-state index is 14.1. The Morgan fingerprint density at radius 1 is 1.09 bits per heavy atom. The van der Waals surface area contributed by atoms with Crippen molar-refractivity contribution in [3.8, 4) is 0 Å². The lowest BCUT2D eigenvalue weighted by Crippen LogP contribution is -2.52. The van der Waals surface area contributed by atoms with E-state index < -0.39 is 47.2 Å². The van der Waals surface area contributed by atoms with Crippen LogP contribution in [-0.2, 0) is 47.2 Å². The smallest absolute Gasteiger partial charge is 0.416 e. The standard InChI is InChI=1S/C32H35ClF3N7O4/c1-17-10-19(32(34,35)36)12-24(37-17)43-26(44)11-18-13-41(28-20(33)8-7-9-22(28)40(6)29(45)27(18)43)16-25-38-21-14-42(15-23(21)39(25)5)30(46)47-31(2,3)4/h7-10,12,18,27H,11,13-16H2,1-6H3/t18-,27+/m1/s1. The number of halogens is 4. The van der Waals surface area contributed by atoms with E-state index in [-0.39, 0.29) is 37.6 Å². The highest BCUT2D eigenvalue weighted by atomic mass is 35.5. The Bertz CT molecular complexity index is 1790. The molecule has 3 aliphatic rings. The van der Waals surface area contributed by atoms with Crippen LogP contribution in [0.3, 0.4) is 0 Å². The Balaban J connectivity index is 1.35. The minimum atomic E-state index is -4.66. The molecule has 3 aliphatic heterocycles. The number of nitrogens with zero attached hydrogens (tertiary/aromatic N) is 7. The minimum Gasteiger partial charge on any atom is -0.444 e. The number of anilines is 3. The van der Waals surface area contributed by atoms with Crippen molar-refractivity contribution in [1.82, 2.24) is 19.4 Å². The molecule has 0 bridgehead atoms. The molecule has 1 saturated heterocycles. The third kappa shape index (κ3) is 5.99. The Kier molecular flexibility index (Phi) is 7.93. The molecule has 0 N–H and O–H groups in total. The van der Waals surface area contributed by atoms with Crippen molar-refractivity contribution >= 4 is 46.7 Å². The summed E-state index contributed by atoms with van der Waals surface area (Å²) in [7, 11) is 3.42. The van der Waals surface area contributed by atoms with Gasteiger partial charge >= 0.3 is 12.3 Å². The zero-order valence-electron chi connectivity index (χ0n) is 26.9. The monoisotopic (exact) mass is 673 g/mol. The number of aryl methyl sites for hydroxylation is 1. The third-order valence-corrected chi connectivity index (χ3v) is 8.99. The first-order valence-electron chi connectivity index (χ1n) is 15.1. The van der Waals surface area contributed by atoms with Gasteiger partial charge < -0.3 is 19.1 Å². The number of carbonyl (C=O) groups is 3. The number of imidazole rings is 1. The molecule has 0 unspecified atom stereocenters. The summed E-state index contributed by atoms with van der Waals surface area (Å²) in [5.41, 5.74) is 1.13. The van der Waals surface area contributed by atoms with Crippen LogP contribution in [0.1, 0.15) is 55.7 Å². The number of para-hydroxylation sites is 1. The molecule has 15 heteroatoms. The van der Waals surface area contributed by atoms with Crippen LogP contribution in [0.5, 0.6) is 0 Å². The number of carbonyl (C=O) groups excluding carboxylic acids is 3. The second-order valence-corrected chi connectivity index (χ2v) is 13.6. The van der Waals surface area contributed by atoms with Crippen molar-refractivity contribution in [2.24, 2.45) is 13.0 Å². The lowest BCUT2D eigenvalue weighted by molar-refractivity contribution is -0.137. The lowest BCUT2D eigenvalue weighted by Gasteiger charge is -2.39. The summed E-state index contributed by atoms with van der Waals surface area (Å²) >= 11 is 6.78. The van der Waals surface area contributed by atoms with Gasteiger partial charge in [-0.2, -0.15) is 13.2 Å². The van der Waals surface area contributed by atoms with Crippen molar-refractivity contribution in [1.29, 1.82) is 0 Å². The van der Waals surface area contributed by atoms with Gasteiger partial charge in [-0.3, -0.25) is 19.4 Å². The van der Waals surface area contributed by atoms with Gasteiger partial charge in [-0.1, -0.05) is 17.7 Å². The number of benzene rings is 1. The molecule has 3 amide bonds. The normalized spacial score (nSPS) is 19.9. The number of ether oxygens (including phenoxy) is 1. The fourth-order valence-electron chi connectivity index (χ4n) is 6.56. The van der Waals surface area contributed by atoms with Gasteiger partial charge in [0.1, 0.15) is 23.3 Å². The quantitative estimate of drug-likeness (QED) is 0.364. The van der Waals surface area contributed by atoms with E-state index in [0.29, 0.717) is 28.8 Å². The largest absolute Gasteiger partial charge is 0.444 e. The number of aromatic nitrogens is 3. The molecule has 5 heterocycles. The summed E-state index contributed by atoms with van der Waals surface area (Å²) in [5.74, 6) is -1.10. The predicted molar refractivity (Wildman–Crippen MR) is 168 cm³/mol. The van der Waals surface area contributed by atoms with Crippen LogP contribution in [0, 0.1) is 12.8 Å². The molecule has 47 heavy (non-hydrogen) atoms. The van der Waals surface area contributed by atoms with E-state index in [4.69, 9.17) is 21.3 Å². The Morgan fingerprint density at radius 3 is 2.47 bits per heavy atom. The number of alkyl halides is 3. The molecule has 1 fully saturated rings. The van der Waals surface area contributed by atoms with E-state index in [1.807, 2.05) is 16.5 Å². The zero-order chi connectivity index (χ0) is 34.2. The molecule has 0 saturated carbocycles. The van der Waals surface area contributed by atoms with Crippen LogP contribution in [-0.4, -0.2) is 62.6 Å². The van der Waals surface area contributed by atoms with Crippen molar-refractivity contribution in [2.75, 3.05) is 28.3 Å². The van der Waals surface area contributed by atoms with Gasteiger partial charge in [-0.15, -0.1) is 0 Å². The molecule has 6 rings (SSSR count). The number of hydrogen-bond acceptors (Lipinski definition) is 7. The van der Waals surface area contributed by atoms with Gasteiger partial charge in [0, 0.05) is 38.7 Å². The molecule has 1 aromatic carbocycles. The number of hydrogen-bond donors (Lipinski definition) is 0. The third-order valence-electron chi connectivity index (χ3n) is 8.68. The van der Waals surface area contributed by atoms with E-state index in [9.17, 15) is 27.6 Å². The highest BCUT2D eigenvalue weighted by molar-refractivity contribution is 6.34. The van der Waals surface area contributed by atoms with E-state index in [0.717, 1.165) is 28.4 Å². The van der Waals surface area contributed by atoms with Crippen molar-refractivity contribution < 1.29 is 32.3 Å². The van der Waals surface area contributed by atoms with Crippen molar-refractivity contribution in [3.05, 3.63) is 63.8 Å². The highest BCUT2D eigenvalue weighted by Crippen LogP contribution is 2.43. The van der Waals surface area contributed by atoms with Crippen molar-refractivity contribution in [2.45, 2.75) is 71.6 Å². The van der Waals surface area contributed by atoms with Gasteiger partial charge in [-0.05, 0) is 52.0 Å². The van der Waals surface area contributed by atoms with Crippen LogP contribution in [0.25, 0.3) is 0 Å². The molecule has 250 valence electrons. The highest BCUT2D eigenvalue weighted by Gasteiger charge is 2.49. The number of rotatable bonds is 3. The maximum atomic E-state index is 14.1. The molecular weight excluding hydrogens is 639 g/mol. The summed E-state index contributed by atoms with van der Waals surface area (Å²) in [4.78, 5) is 55.5. The fourth-order valence-corrected chi connectivity index (χ4v) is 6.85. The van der Waals surface area contributed by atoms with E-state index in [2.05, 4.69) is 4.98 Å². The minimum absolute atomic E-state index is 0.0736. The summed E-state index contributed by atoms with van der Waals surface area (Å²) in [6.07, 6.45) is -5.17. The van der Waals surface area contributed by atoms with Gasteiger partial charge in [0.15, 0.2) is 0 Å². The van der Waals surface area contributed by atoms with E-state index in [1.54, 1.807) is 50.9 Å². The van der Waals surface area contributed by atoms with Crippen molar-refractivity contribution in [3.63, 3.8) is 0 Å². The second-order valence-electron chi connectivity index (χ2n) is 13.2. The SMILES string of the molecule is Cc1cc(C(F)(F)F)cc(N2C(=O)C[C@@H]3CN(Cc4nc5c(n4C)CN(C(=O)OC(C)(C)C)C5)c4c(Cl)cccc4N(C)C(=O)[C@H]32)n1. The van der Waals surface area contributed by atoms with Crippen LogP contribution < -0.4 is 14.7 Å². The molecule has 2 aromatic heterocycles. The number of amides is 3. The van der Waals surface area contributed by atoms with Crippen LogP contribution >= 0.6 is 11.6 Å². The first-order valence-corrected chi connectivity index (χ1v) is 15.5. The lowest BCUT2D eigenvalue weighted by atomic mass is 9.95. The van der Waals surface area contributed by atoms with Crippen LogP contribution in [0.2, 0.25) is 5.02 Å². The number of fused-ring (bicyclic) bond motifs is 3. The summed E-state index contributed by atoms with van der Waals surface area (Å²) in [6, 6.07) is 5.77. The van der Waals surface area contributed by atoms with Crippen LogP contribution in [0.15, 0.2) is 30.3 Å². The molecule has 0 spiro atoms. The summed E-state index contributed by atoms with van der Waals surface area (Å²) < 4.78 is 48.7. The second kappa shape index (κ2) is 11.4. The van der Waals surface area contributed by atoms with E-state index in [1.165, 1.54) is 11.8 Å². The average Bonchev–Trinajstić information content (AvgIpc) is 3.61. The maximum Gasteiger partial charge on any atom is 0.416 e. The number of pyridine rings is 1. The molecule has 0 aliphatic carbocycles. The Hall–Kier alpha value is -4.33. The first-order chi connectivity index (χ1) is 21.9. The molecular formula is C32H35ClF3N7O4. The number of likely N-dealkylation sites (N-methyl/N-ethyl adjacent to an activating group) is 1. The molecule has 11 nitrogen and oxygen atoms in total. The molecule has 0 radical (unpaired) electrons. The fraction of sp³-hybridized carbons (Fsp3) is 0.469. The predicted octanol–water partition coefficient (Wildman–Crippen LogP) is 5.45. The van der Waals surface area contributed by atoms with E-state index >= 15 is 0 Å². The Morgan fingerprint density at radius 2 is 1.81 bits per heavy atom. The molecule has 2 atom stereocenters. The average molecular weight is 674 g/mol. The first kappa shape index (κ1) is 32.6. The summed E-state index contributed by atoms with van der Waals surface area (Å²) in [6.45, 7) is 7.86. The summed E-state index contributed by atoms with van der Waals surface area (Å²) in [5, 5.41) is 0.384. The zero-order valence-corrected chi connectivity index (χ0v) is 27.6.